The molecule has 5 nitrogen and oxygen atoms in total. The number of hydrogen-bond acceptors (Lipinski definition) is 4. The number of rotatable bonds is 4. The molecule has 0 aliphatic heterocycles. The second-order valence-corrected chi connectivity index (χ2v) is 7.00. The summed E-state index contributed by atoms with van der Waals surface area (Å²) in [4.78, 5) is 10.7. The van der Waals surface area contributed by atoms with Crippen molar-refractivity contribution in [3.05, 3.63) is 95.0 Å². The van der Waals surface area contributed by atoms with Gasteiger partial charge in [-0.1, -0.05) is 30.3 Å². The fourth-order valence-corrected chi connectivity index (χ4v) is 3.81. The molecule has 4 aromatic carbocycles. The van der Waals surface area contributed by atoms with E-state index < -0.39 is 4.92 Å². The maximum absolute atomic E-state index is 11.1. The maximum atomic E-state index is 11.1. The van der Waals surface area contributed by atoms with Crippen molar-refractivity contribution >= 4 is 27.4 Å². The summed E-state index contributed by atoms with van der Waals surface area (Å²) < 4.78 is 11.7. The van der Waals surface area contributed by atoms with Gasteiger partial charge in [-0.25, -0.2) is 0 Å². The molecule has 0 bridgehead atoms. The minimum Gasteiger partial charge on any atom is -0.497 e. The lowest BCUT2D eigenvalue weighted by Crippen LogP contribution is -1.88. The Hall–Kier alpha value is -4.12. The zero-order valence-corrected chi connectivity index (χ0v) is 16.2. The summed E-state index contributed by atoms with van der Waals surface area (Å²) in [6.45, 7) is 0. The van der Waals surface area contributed by atoms with Crippen LogP contribution in [0.4, 0.5) is 5.69 Å². The minimum atomic E-state index is -0.394. The number of hydrogen-bond donors (Lipinski definition) is 0. The number of nitro groups is 1. The summed E-state index contributed by atoms with van der Waals surface area (Å²) in [6.07, 6.45) is 0. The van der Waals surface area contributed by atoms with Gasteiger partial charge in [-0.05, 0) is 53.4 Å². The lowest BCUT2D eigenvalue weighted by molar-refractivity contribution is -0.384. The third kappa shape index (κ3) is 2.88. The van der Waals surface area contributed by atoms with Crippen molar-refractivity contribution in [1.82, 2.24) is 0 Å². The van der Waals surface area contributed by atoms with Crippen LogP contribution in [0.5, 0.6) is 5.75 Å². The van der Waals surface area contributed by atoms with Crippen molar-refractivity contribution in [2.45, 2.75) is 0 Å². The van der Waals surface area contributed by atoms with Crippen LogP contribution in [-0.2, 0) is 0 Å². The number of nitrogens with zero attached hydrogens (tertiary/aromatic N) is 1. The van der Waals surface area contributed by atoms with Gasteiger partial charge < -0.3 is 9.15 Å². The highest BCUT2D eigenvalue weighted by atomic mass is 16.6. The fraction of sp³-hybridized carbons (Fsp3) is 0.0400. The molecule has 0 radical (unpaired) electrons. The largest absolute Gasteiger partial charge is 0.497 e. The fourth-order valence-electron chi connectivity index (χ4n) is 3.81. The van der Waals surface area contributed by atoms with E-state index in [0.29, 0.717) is 0 Å². The van der Waals surface area contributed by atoms with E-state index in [1.807, 2.05) is 48.5 Å². The number of methoxy groups -OCH3 is 1. The van der Waals surface area contributed by atoms with E-state index in [1.165, 1.54) is 12.1 Å². The quantitative estimate of drug-likeness (QED) is 0.247. The van der Waals surface area contributed by atoms with Crippen LogP contribution in [0.2, 0.25) is 0 Å². The number of furan rings is 1. The lowest BCUT2D eigenvalue weighted by Gasteiger charge is -2.05. The normalized spacial score (nSPS) is 11.1. The Morgan fingerprint density at radius 3 is 2.20 bits per heavy atom. The van der Waals surface area contributed by atoms with Crippen LogP contribution in [-0.4, -0.2) is 12.0 Å². The molecule has 1 heterocycles. The zero-order chi connectivity index (χ0) is 20.7. The maximum Gasteiger partial charge on any atom is 0.269 e. The lowest BCUT2D eigenvalue weighted by atomic mass is 9.97. The second kappa shape index (κ2) is 7.04. The number of ether oxygens (including phenoxy) is 1. The molecule has 0 unspecified atom stereocenters. The van der Waals surface area contributed by atoms with Gasteiger partial charge in [0.15, 0.2) is 0 Å². The molecule has 5 heteroatoms. The predicted octanol–water partition coefficient (Wildman–Crippen LogP) is 6.84. The number of fused-ring (bicyclic) bond motifs is 3. The highest BCUT2D eigenvalue weighted by Gasteiger charge is 2.20. The smallest absolute Gasteiger partial charge is 0.269 e. The Kier molecular flexibility index (Phi) is 4.21. The molecule has 0 fully saturated rings. The van der Waals surface area contributed by atoms with Gasteiger partial charge >= 0.3 is 0 Å². The molecule has 0 saturated heterocycles. The number of nitro benzene ring substituents is 1. The Balaban J connectivity index is 1.81. The van der Waals surface area contributed by atoms with E-state index >= 15 is 0 Å². The Bertz CT molecular complexity index is 1380. The SMILES string of the molecule is COc1ccc(-c2oc3c(ccc4ccccc43)c2-c2ccc([N+](=O)[O-])cc2)cc1. The third-order valence-electron chi connectivity index (χ3n) is 5.30. The molecule has 5 aromatic rings. The molecule has 0 N–H and O–H groups in total. The predicted molar refractivity (Wildman–Crippen MR) is 118 cm³/mol. The summed E-state index contributed by atoms with van der Waals surface area (Å²) in [7, 11) is 1.63. The molecule has 0 aliphatic rings. The van der Waals surface area contributed by atoms with Gasteiger partial charge in [0.1, 0.15) is 17.1 Å². The first-order valence-corrected chi connectivity index (χ1v) is 9.49. The van der Waals surface area contributed by atoms with Crippen LogP contribution >= 0.6 is 0 Å². The van der Waals surface area contributed by atoms with Crippen molar-refractivity contribution in [2.24, 2.45) is 0 Å². The van der Waals surface area contributed by atoms with Crippen LogP contribution in [0.3, 0.4) is 0 Å². The molecule has 146 valence electrons. The Morgan fingerprint density at radius 1 is 0.800 bits per heavy atom. The number of benzene rings is 4. The molecule has 0 aliphatic carbocycles. The molecule has 0 amide bonds. The Morgan fingerprint density at radius 2 is 1.50 bits per heavy atom. The average Bonchev–Trinajstić information content (AvgIpc) is 3.19. The first-order valence-electron chi connectivity index (χ1n) is 9.49. The summed E-state index contributed by atoms with van der Waals surface area (Å²) in [6, 6.07) is 26.5. The van der Waals surface area contributed by atoms with E-state index in [1.54, 1.807) is 19.2 Å². The van der Waals surface area contributed by atoms with E-state index in [-0.39, 0.29) is 5.69 Å². The van der Waals surface area contributed by atoms with Gasteiger partial charge in [-0.2, -0.15) is 0 Å². The highest BCUT2D eigenvalue weighted by molar-refractivity contribution is 6.12. The highest BCUT2D eigenvalue weighted by Crippen LogP contribution is 2.43. The Labute approximate surface area is 172 Å². The average molecular weight is 395 g/mol. The topological polar surface area (TPSA) is 65.5 Å². The van der Waals surface area contributed by atoms with Crippen molar-refractivity contribution in [1.29, 1.82) is 0 Å². The molecule has 5 rings (SSSR count). The molecule has 0 saturated carbocycles. The second-order valence-electron chi connectivity index (χ2n) is 7.00. The van der Waals surface area contributed by atoms with Crippen LogP contribution in [0.25, 0.3) is 44.2 Å². The zero-order valence-electron chi connectivity index (χ0n) is 16.2. The van der Waals surface area contributed by atoms with Gasteiger partial charge in [0.25, 0.3) is 5.69 Å². The van der Waals surface area contributed by atoms with E-state index in [2.05, 4.69) is 12.1 Å². The first-order chi connectivity index (χ1) is 14.7. The van der Waals surface area contributed by atoms with Gasteiger partial charge in [-0.15, -0.1) is 0 Å². The van der Waals surface area contributed by atoms with Crippen molar-refractivity contribution in [3.63, 3.8) is 0 Å². The van der Waals surface area contributed by atoms with Crippen molar-refractivity contribution < 1.29 is 14.1 Å². The molecule has 0 spiro atoms. The number of non-ortho nitro benzene ring substituents is 1. The summed E-state index contributed by atoms with van der Waals surface area (Å²) in [5.41, 5.74) is 3.54. The van der Waals surface area contributed by atoms with E-state index in [4.69, 9.17) is 9.15 Å². The van der Waals surface area contributed by atoms with E-state index in [0.717, 1.165) is 49.9 Å². The van der Waals surface area contributed by atoms with Crippen molar-refractivity contribution in [3.8, 4) is 28.2 Å². The van der Waals surface area contributed by atoms with Crippen molar-refractivity contribution in [2.75, 3.05) is 7.11 Å². The first kappa shape index (κ1) is 17.9. The summed E-state index contributed by atoms with van der Waals surface area (Å²) >= 11 is 0. The third-order valence-corrected chi connectivity index (χ3v) is 5.30. The molecular formula is C25H17NO4. The molecule has 1 aromatic heterocycles. The van der Waals surface area contributed by atoms with Gasteiger partial charge in [0.2, 0.25) is 0 Å². The van der Waals surface area contributed by atoms with Gasteiger partial charge in [-0.3, -0.25) is 10.1 Å². The molecular weight excluding hydrogens is 378 g/mol. The molecule has 0 atom stereocenters. The monoisotopic (exact) mass is 395 g/mol. The van der Waals surface area contributed by atoms with Crippen LogP contribution < -0.4 is 4.74 Å². The van der Waals surface area contributed by atoms with Gasteiger partial charge in [0.05, 0.1) is 12.0 Å². The van der Waals surface area contributed by atoms with Gasteiger partial charge in [0, 0.05) is 34.0 Å². The minimum absolute atomic E-state index is 0.0583. The van der Waals surface area contributed by atoms with E-state index in [9.17, 15) is 10.1 Å². The standard InChI is InChI=1S/C25H17NO4/c1-29-20-13-8-18(9-14-20)24-23(17-6-11-19(12-7-17)26(27)28)22-15-10-16-4-2-3-5-21(16)25(22)30-24/h2-15H,1H3. The molecule has 30 heavy (non-hydrogen) atoms. The van der Waals surface area contributed by atoms with Crippen LogP contribution in [0, 0.1) is 10.1 Å². The summed E-state index contributed by atoms with van der Waals surface area (Å²) in [5.74, 6) is 1.48. The van der Waals surface area contributed by atoms with Crippen LogP contribution in [0.1, 0.15) is 0 Å². The summed E-state index contributed by atoms with van der Waals surface area (Å²) in [5, 5.41) is 14.2. The van der Waals surface area contributed by atoms with Crippen LogP contribution in [0.15, 0.2) is 89.3 Å².